The molecule has 38 heavy (non-hydrogen) atoms. The number of rotatable bonds is 4. The molecule has 0 amide bonds. The van der Waals surface area contributed by atoms with Gasteiger partial charge in [0.05, 0.1) is 5.56 Å². The maximum Gasteiger partial charge on any atom is 0.341 e. The van der Waals surface area contributed by atoms with Gasteiger partial charge in [0.2, 0.25) is 0 Å². The number of hydrogen-bond acceptors (Lipinski definition) is 4. The van der Waals surface area contributed by atoms with E-state index in [1.807, 2.05) is 67.6 Å². The topological polar surface area (TPSA) is 54.6 Å². The molecule has 3 aromatic carbocycles. The Morgan fingerprint density at radius 2 is 1.68 bits per heavy atom. The molecular weight excluding hydrogens is 472 g/mol. The predicted octanol–water partition coefficient (Wildman–Crippen LogP) is 6.95. The summed E-state index contributed by atoms with van der Waals surface area (Å²) in [6.07, 6.45) is 6.37. The summed E-state index contributed by atoms with van der Waals surface area (Å²) >= 11 is 0. The summed E-state index contributed by atoms with van der Waals surface area (Å²) < 4.78 is 13.3. The molecule has 194 valence electrons. The zero-order valence-electron chi connectivity index (χ0n) is 21.9. The fourth-order valence-electron chi connectivity index (χ4n) is 7.22. The lowest BCUT2D eigenvalue weighted by Gasteiger charge is -2.56. The largest absolute Gasteiger partial charge is 0.472 e. The Hall–Kier alpha value is -3.57. The van der Waals surface area contributed by atoms with Crippen molar-refractivity contribution in [3.8, 4) is 5.75 Å². The molecule has 0 saturated carbocycles. The summed E-state index contributed by atoms with van der Waals surface area (Å²) in [4.78, 5) is 20.1. The van der Waals surface area contributed by atoms with E-state index < -0.39 is 6.10 Å². The molecule has 7 rings (SSSR count). The number of hydrogen-bond donors (Lipinski definition) is 1. The molecule has 4 aromatic rings. The molecule has 0 aliphatic carbocycles. The van der Waals surface area contributed by atoms with Gasteiger partial charge in [0.15, 0.2) is 11.8 Å². The van der Waals surface area contributed by atoms with Crippen LogP contribution in [0.1, 0.15) is 71.0 Å². The number of aromatic nitrogens is 1. The molecule has 4 heterocycles. The van der Waals surface area contributed by atoms with Crippen LogP contribution in [0.25, 0.3) is 10.9 Å². The number of benzene rings is 3. The van der Waals surface area contributed by atoms with E-state index in [1.54, 1.807) is 0 Å². The van der Waals surface area contributed by atoms with E-state index in [0.717, 1.165) is 65.0 Å². The van der Waals surface area contributed by atoms with Crippen LogP contribution in [-0.4, -0.2) is 34.7 Å². The van der Waals surface area contributed by atoms with Crippen molar-refractivity contribution < 1.29 is 14.3 Å². The van der Waals surface area contributed by atoms with Gasteiger partial charge < -0.3 is 14.5 Å². The highest BCUT2D eigenvalue weighted by molar-refractivity contribution is 6.07. The van der Waals surface area contributed by atoms with Gasteiger partial charge in [0, 0.05) is 47.6 Å². The summed E-state index contributed by atoms with van der Waals surface area (Å²) in [7, 11) is 0. The van der Waals surface area contributed by atoms with Crippen LogP contribution in [0.5, 0.6) is 5.75 Å². The second-order valence-electron chi connectivity index (χ2n) is 11.1. The lowest BCUT2D eigenvalue weighted by atomic mass is 9.74. The molecule has 0 bridgehead atoms. The molecule has 2 atom stereocenters. The number of esters is 1. The molecule has 1 N–H and O–H groups in total. The minimum absolute atomic E-state index is 0.186. The predicted molar refractivity (Wildman–Crippen MR) is 148 cm³/mol. The first-order valence-electron chi connectivity index (χ1n) is 14.0. The van der Waals surface area contributed by atoms with Crippen molar-refractivity contribution in [1.29, 1.82) is 0 Å². The fourth-order valence-corrected chi connectivity index (χ4v) is 7.22. The van der Waals surface area contributed by atoms with Crippen molar-refractivity contribution in [2.75, 3.05) is 13.1 Å². The van der Waals surface area contributed by atoms with E-state index >= 15 is 0 Å². The molecule has 1 aromatic heterocycles. The van der Waals surface area contributed by atoms with Crippen LogP contribution in [0.3, 0.4) is 0 Å². The molecule has 3 aliphatic heterocycles. The molecule has 0 radical (unpaired) electrons. The van der Waals surface area contributed by atoms with E-state index in [1.165, 1.54) is 25.7 Å². The number of carbonyl (C=O) groups excluding carboxylic acids is 1. The Labute approximate surface area is 223 Å². The first-order valence-corrected chi connectivity index (χ1v) is 14.0. The molecular formula is C33H34N2O3. The number of aromatic amines is 1. The standard InChI is InChI=1S/C33H34N2O3/c1-22-29(32(36)37-31(23-11-4-2-5-12-23)24-13-6-3-7-14-24)30-26-21-25-15-10-20-35-19-9-8-18-33(25,35)38-28(26)17-16-27(30)34-22/h2-7,11-14,16-17,25,31,34H,8-10,15,18-21H2,1H3. The minimum Gasteiger partial charge on any atom is -0.472 e. The van der Waals surface area contributed by atoms with E-state index in [9.17, 15) is 4.79 Å². The molecule has 3 aliphatic rings. The number of carbonyl (C=O) groups is 1. The summed E-state index contributed by atoms with van der Waals surface area (Å²) in [5, 5.41) is 0.965. The highest BCUT2D eigenvalue weighted by Crippen LogP contribution is 2.50. The normalized spacial score (nSPS) is 22.8. The number of aryl methyl sites for hydroxylation is 1. The Bertz CT molecular complexity index is 1440. The molecule has 5 nitrogen and oxygen atoms in total. The first kappa shape index (κ1) is 23.5. The zero-order chi connectivity index (χ0) is 25.7. The van der Waals surface area contributed by atoms with Crippen LogP contribution in [0, 0.1) is 12.8 Å². The highest BCUT2D eigenvalue weighted by Gasteiger charge is 2.52. The van der Waals surface area contributed by atoms with Crippen molar-refractivity contribution in [2.24, 2.45) is 5.92 Å². The first-order chi connectivity index (χ1) is 18.6. The van der Waals surface area contributed by atoms with Crippen LogP contribution >= 0.6 is 0 Å². The smallest absolute Gasteiger partial charge is 0.341 e. The van der Waals surface area contributed by atoms with Gasteiger partial charge in [0.25, 0.3) is 0 Å². The second kappa shape index (κ2) is 9.32. The van der Waals surface area contributed by atoms with E-state index in [2.05, 4.69) is 22.0 Å². The van der Waals surface area contributed by atoms with Gasteiger partial charge >= 0.3 is 5.97 Å². The van der Waals surface area contributed by atoms with Crippen molar-refractivity contribution in [3.63, 3.8) is 0 Å². The number of H-pyrrole nitrogens is 1. The average Bonchev–Trinajstić information content (AvgIpc) is 3.31. The average molecular weight is 507 g/mol. The molecule has 1 spiro atoms. The molecule has 2 saturated heterocycles. The molecule has 2 fully saturated rings. The van der Waals surface area contributed by atoms with Gasteiger partial charge in [-0.1, -0.05) is 60.7 Å². The summed E-state index contributed by atoms with van der Waals surface area (Å²) in [5.74, 6) is 1.07. The third-order valence-corrected chi connectivity index (χ3v) is 8.95. The number of piperidine rings is 2. The van der Waals surface area contributed by atoms with Crippen LogP contribution in [-0.2, 0) is 11.2 Å². The van der Waals surface area contributed by atoms with Crippen LogP contribution in [0.2, 0.25) is 0 Å². The van der Waals surface area contributed by atoms with E-state index in [0.29, 0.717) is 11.5 Å². The third kappa shape index (κ3) is 3.75. The fraction of sp³-hybridized carbons (Fsp3) is 0.364. The third-order valence-electron chi connectivity index (χ3n) is 8.95. The Kier molecular flexibility index (Phi) is 5.77. The number of ether oxygens (including phenoxy) is 2. The number of nitrogens with zero attached hydrogens (tertiary/aromatic N) is 1. The van der Waals surface area contributed by atoms with Crippen molar-refractivity contribution in [2.45, 2.75) is 57.3 Å². The van der Waals surface area contributed by atoms with Gasteiger partial charge in [-0.25, -0.2) is 4.79 Å². The quantitative estimate of drug-likeness (QED) is 0.304. The monoisotopic (exact) mass is 506 g/mol. The summed E-state index contributed by atoms with van der Waals surface area (Å²) in [6, 6.07) is 24.1. The maximum absolute atomic E-state index is 14.0. The van der Waals surface area contributed by atoms with Crippen molar-refractivity contribution in [3.05, 3.63) is 101 Å². The minimum atomic E-state index is -0.484. The SMILES string of the molecule is Cc1[nH]c2ccc3c(c2c1C(=O)OC(c1ccccc1)c1ccccc1)CC1CCCN2CCCCC12O3. The Balaban J connectivity index is 1.30. The van der Waals surface area contributed by atoms with E-state index in [4.69, 9.17) is 9.47 Å². The Morgan fingerprint density at radius 1 is 0.974 bits per heavy atom. The van der Waals surface area contributed by atoms with E-state index in [-0.39, 0.29) is 11.7 Å². The van der Waals surface area contributed by atoms with Crippen LogP contribution in [0.15, 0.2) is 72.8 Å². The molecule has 5 heteroatoms. The van der Waals surface area contributed by atoms with Crippen LogP contribution < -0.4 is 4.74 Å². The lowest BCUT2D eigenvalue weighted by molar-refractivity contribution is -0.177. The summed E-state index contributed by atoms with van der Waals surface area (Å²) in [5.41, 5.74) is 5.31. The Morgan fingerprint density at radius 3 is 2.42 bits per heavy atom. The lowest BCUT2D eigenvalue weighted by Crippen LogP contribution is -2.64. The van der Waals surface area contributed by atoms with Gasteiger partial charge in [-0.15, -0.1) is 0 Å². The summed E-state index contributed by atoms with van der Waals surface area (Å²) in [6.45, 7) is 4.21. The zero-order valence-corrected chi connectivity index (χ0v) is 21.9. The van der Waals surface area contributed by atoms with Crippen LogP contribution in [0.4, 0.5) is 0 Å². The van der Waals surface area contributed by atoms with Crippen molar-refractivity contribution in [1.82, 2.24) is 9.88 Å². The van der Waals surface area contributed by atoms with Gasteiger partial charge in [0.1, 0.15) is 5.75 Å². The second-order valence-corrected chi connectivity index (χ2v) is 11.1. The van der Waals surface area contributed by atoms with Gasteiger partial charge in [-0.05, 0) is 62.3 Å². The highest BCUT2D eigenvalue weighted by atomic mass is 16.5. The van der Waals surface area contributed by atoms with Crippen molar-refractivity contribution >= 4 is 16.9 Å². The maximum atomic E-state index is 14.0. The van der Waals surface area contributed by atoms with Gasteiger partial charge in [-0.2, -0.15) is 0 Å². The number of nitrogens with one attached hydrogen (secondary N) is 1. The number of fused-ring (bicyclic) bond motifs is 3. The van der Waals surface area contributed by atoms with Gasteiger partial charge in [-0.3, -0.25) is 4.90 Å². The molecule has 2 unspecified atom stereocenters.